The summed E-state index contributed by atoms with van der Waals surface area (Å²) in [5.41, 5.74) is 7.07. The molecular formula is C12H19ClN2O2. The van der Waals surface area contributed by atoms with Crippen molar-refractivity contribution in [2.75, 3.05) is 5.32 Å². The van der Waals surface area contributed by atoms with E-state index in [2.05, 4.69) is 5.32 Å². The molecule has 0 aliphatic heterocycles. The quantitative estimate of drug-likeness (QED) is 0.724. The third-order valence-corrected chi connectivity index (χ3v) is 2.50. The molecule has 5 heteroatoms. The average Bonchev–Trinajstić information content (AvgIpc) is 2.30. The number of aromatic hydroxyl groups is 1. The van der Waals surface area contributed by atoms with Crippen LogP contribution in [0.15, 0.2) is 18.2 Å². The molecule has 4 nitrogen and oxygen atoms in total. The fourth-order valence-electron chi connectivity index (χ4n) is 1.31. The minimum absolute atomic E-state index is 0. The molecule has 0 saturated heterocycles. The Morgan fingerprint density at radius 2 is 2.12 bits per heavy atom. The van der Waals surface area contributed by atoms with Gasteiger partial charge >= 0.3 is 0 Å². The second kappa shape index (κ2) is 7.14. The maximum Gasteiger partial charge on any atom is 0.241 e. The lowest BCUT2D eigenvalue weighted by molar-refractivity contribution is -0.117. The van der Waals surface area contributed by atoms with Crippen molar-refractivity contribution >= 4 is 24.0 Å². The summed E-state index contributed by atoms with van der Waals surface area (Å²) >= 11 is 0. The van der Waals surface area contributed by atoms with Crippen molar-refractivity contribution in [1.29, 1.82) is 0 Å². The van der Waals surface area contributed by atoms with E-state index in [1.807, 2.05) is 19.9 Å². The summed E-state index contributed by atoms with van der Waals surface area (Å²) in [7, 11) is 0. The lowest BCUT2D eigenvalue weighted by Crippen LogP contribution is -2.34. The molecule has 0 radical (unpaired) electrons. The fraction of sp³-hybridized carbons (Fsp3) is 0.417. The van der Waals surface area contributed by atoms with Gasteiger partial charge in [-0.1, -0.05) is 19.9 Å². The third kappa shape index (κ3) is 4.24. The number of hydrogen-bond acceptors (Lipinski definition) is 3. The highest BCUT2D eigenvalue weighted by Gasteiger charge is 2.13. The number of phenolic OH excluding ortho intramolecular Hbond substituents is 1. The summed E-state index contributed by atoms with van der Waals surface area (Å²) in [6, 6.07) is 4.62. The maximum absolute atomic E-state index is 11.5. The zero-order valence-corrected chi connectivity index (χ0v) is 10.9. The van der Waals surface area contributed by atoms with E-state index in [0.717, 1.165) is 12.0 Å². The molecule has 0 aliphatic carbocycles. The minimum Gasteiger partial charge on any atom is -0.506 e. The Kier molecular flexibility index (Phi) is 6.61. The first-order valence-electron chi connectivity index (χ1n) is 5.46. The summed E-state index contributed by atoms with van der Waals surface area (Å²) < 4.78 is 0. The smallest absolute Gasteiger partial charge is 0.241 e. The van der Waals surface area contributed by atoms with Gasteiger partial charge in [0.2, 0.25) is 5.91 Å². The van der Waals surface area contributed by atoms with Crippen molar-refractivity contribution < 1.29 is 9.90 Å². The molecule has 1 aromatic carbocycles. The highest BCUT2D eigenvalue weighted by atomic mass is 35.5. The molecular weight excluding hydrogens is 240 g/mol. The van der Waals surface area contributed by atoms with Crippen LogP contribution < -0.4 is 11.1 Å². The molecule has 0 bridgehead atoms. The number of carbonyl (C=O) groups is 1. The highest BCUT2D eigenvalue weighted by molar-refractivity contribution is 5.95. The second-order valence-corrected chi connectivity index (χ2v) is 3.71. The Bertz CT molecular complexity index is 383. The lowest BCUT2D eigenvalue weighted by Gasteiger charge is -2.12. The first-order valence-corrected chi connectivity index (χ1v) is 5.46. The van der Waals surface area contributed by atoms with Gasteiger partial charge < -0.3 is 16.2 Å². The van der Waals surface area contributed by atoms with Crippen molar-refractivity contribution in [3.63, 3.8) is 0 Å². The van der Waals surface area contributed by atoms with Gasteiger partial charge in [0.1, 0.15) is 5.75 Å². The summed E-state index contributed by atoms with van der Waals surface area (Å²) in [5.74, 6) is -0.208. The SMILES string of the molecule is CCc1ccc(O)c(NC(=O)[C@@H](N)CC)c1.Cl. The molecule has 1 atom stereocenters. The predicted octanol–water partition coefficient (Wildman–Crippen LogP) is 2.05. The van der Waals surface area contributed by atoms with Gasteiger partial charge in [-0.3, -0.25) is 4.79 Å². The van der Waals surface area contributed by atoms with E-state index in [4.69, 9.17) is 5.73 Å². The third-order valence-electron chi connectivity index (χ3n) is 2.50. The number of nitrogens with two attached hydrogens (primary N) is 1. The number of hydrogen-bond donors (Lipinski definition) is 3. The van der Waals surface area contributed by atoms with Gasteiger partial charge in [0, 0.05) is 0 Å². The van der Waals surface area contributed by atoms with Crippen LogP contribution in [0, 0.1) is 0 Å². The first kappa shape index (κ1) is 15.7. The Morgan fingerprint density at radius 1 is 1.47 bits per heavy atom. The van der Waals surface area contributed by atoms with E-state index in [1.54, 1.807) is 12.1 Å². The largest absolute Gasteiger partial charge is 0.506 e. The molecule has 0 unspecified atom stereocenters. The van der Waals surface area contributed by atoms with E-state index in [0.29, 0.717) is 12.1 Å². The van der Waals surface area contributed by atoms with Crippen LogP contribution in [0.2, 0.25) is 0 Å². The molecule has 0 aromatic heterocycles. The number of halogens is 1. The highest BCUT2D eigenvalue weighted by Crippen LogP contribution is 2.24. The summed E-state index contributed by atoms with van der Waals surface area (Å²) in [6.45, 7) is 3.85. The van der Waals surface area contributed by atoms with Gasteiger partial charge in [0.15, 0.2) is 0 Å². The molecule has 0 heterocycles. The van der Waals surface area contributed by atoms with Crippen LogP contribution in [0.4, 0.5) is 5.69 Å². The van der Waals surface area contributed by atoms with E-state index in [1.165, 1.54) is 0 Å². The standard InChI is InChI=1S/C12H18N2O2.ClH/c1-3-8-5-6-11(15)10(7-8)14-12(16)9(13)4-2;/h5-7,9,15H,3-4,13H2,1-2H3,(H,14,16);1H/t9-;/m0./s1. The van der Waals surface area contributed by atoms with Crippen LogP contribution in [0.25, 0.3) is 0 Å². The van der Waals surface area contributed by atoms with E-state index >= 15 is 0 Å². The Labute approximate surface area is 108 Å². The molecule has 0 spiro atoms. The molecule has 0 fully saturated rings. The van der Waals surface area contributed by atoms with Crippen LogP contribution in [-0.4, -0.2) is 17.1 Å². The van der Waals surface area contributed by atoms with E-state index in [9.17, 15) is 9.90 Å². The maximum atomic E-state index is 11.5. The number of nitrogens with one attached hydrogen (secondary N) is 1. The van der Waals surface area contributed by atoms with Gasteiger partial charge in [0.05, 0.1) is 11.7 Å². The monoisotopic (exact) mass is 258 g/mol. The number of carbonyl (C=O) groups excluding carboxylic acids is 1. The average molecular weight is 259 g/mol. The van der Waals surface area contributed by atoms with Crippen LogP contribution in [-0.2, 0) is 11.2 Å². The molecule has 0 saturated carbocycles. The van der Waals surface area contributed by atoms with Gasteiger partial charge in [-0.15, -0.1) is 12.4 Å². The number of phenols is 1. The van der Waals surface area contributed by atoms with Crippen LogP contribution in [0.1, 0.15) is 25.8 Å². The zero-order valence-electron chi connectivity index (χ0n) is 10.1. The van der Waals surface area contributed by atoms with Crippen molar-refractivity contribution in [3.05, 3.63) is 23.8 Å². The molecule has 17 heavy (non-hydrogen) atoms. The second-order valence-electron chi connectivity index (χ2n) is 3.71. The molecule has 1 rings (SSSR count). The fourth-order valence-corrected chi connectivity index (χ4v) is 1.31. The molecule has 0 aliphatic rings. The normalized spacial score (nSPS) is 11.5. The number of aryl methyl sites for hydroxylation is 1. The van der Waals surface area contributed by atoms with Gasteiger partial charge in [-0.2, -0.15) is 0 Å². The molecule has 96 valence electrons. The van der Waals surface area contributed by atoms with Crippen LogP contribution in [0.3, 0.4) is 0 Å². The van der Waals surface area contributed by atoms with Crippen molar-refractivity contribution in [1.82, 2.24) is 0 Å². The molecule has 1 amide bonds. The molecule has 4 N–H and O–H groups in total. The van der Waals surface area contributed by atoms with E-state index in [-0.39, 0.29) is 24.1 Å². The number of benzene rings is 1. The van der Waals surface area contributed by atoms with Crippen molar-refractivity contribution in [3.8, 4) is 5.75 Å². The van der Waals surface area contributed by atoms with Crippen molar-refractivity contribution in [2.24, 2.45) is 5.73 Å². The Balaban J connectivity index is 0.00000256. The van der Waals surface area contributed by atoms with Gasteiger partial charge in [-0.25, -0.2) is 0 Å². The molecule has 1 aromatic rings. The van der Waals surface area contributed by atoms with Gasteiger partial charge in [-0.05, 0) is 30.5 Å². The zero-order chi connectivity index (χ0) is 12.1. The topological polar surface area (TPSA) is 75.3 Å². The van der Waals surface area contributed by atoms with Crippen molar-refractivity contribution in [2.45, 2.75) is 32.7 Å². The van der Waals surface area contributed by atoms with E-state index < -0.39 is 6.04 Å². The number of rotatable bonds is 4. The Morgan fingerprint density at radius 3 is 2.65 bits per heavy atom. The predicted molar refractivity (Wildman–Crippen MR) is 71.6 cm³/mol. The van der Waals surface area contributed by atoms with Crippen LogP contribution in [0.5, 0.6) is 5.75 Å². The minimum atomic E-state index is -0.537. The Hall–Kier alpha value is -1.26. The number of amides is 1. The van der Waals surface area contributed by atoms with Gasteiger partial charge in [0.25, 0.3) is 0 Å². The summed E-state index contributed by atoms with van der Waals surface area (Å²) in [6.07, 6.45) is 1.42. The summed E-state index contributed by atoms with van der Waals surface area (Å²) in [5, 5.41) is 12.2. The number of anilines is 1. The summed E-state index contributed by atoms with van der Waals surface area (Å²) in [4.78, 5) is 11.5. The lowest BCUT2D eigenvalue weighted by atomic mass is 10.1. The van der Waals surface area contributed by atoms with Crippen LogP contribution >= 0.6 is 12.4 Å². The first-order chi connectivity index (χ1) is 7.58.